The standard InChI is InChI=1S/C23H14FN5O4S/c24-14-6-15-18(20-11(14)3-4-33-20)17(13-7-26-9-27-22(13)30)19(23(31)32)29(15)8-10-1-2-16-12(5-10)21(25)28-34-16/h1-7,9H,8H2,(H2,25,28)(H,31,32)(H,26,27,30). The molecule has 0 amide bonds. The molecule has 4 N–H and O–H groups in total. The van der Waals surface area contributed by atoms with E-state index in [0.29, 0.717) is 11.2 Å². The maximum atomic E-state index is 15.0. The van der Waals surface area contributed by atoms with Gasteiger partial charge in [0.2, 0.25) is 0 Å². The molecule has 9 nitrogen and oxygen atoms in total. The topological polar surface area (TPSA) is 140 Å². The summed E-state index contributed by atoms with van der Waals surface area (Å²) in [7, 11) is 0. The first-order chi connectivity index (χ1) is 16.4. The maximum absolute atomic E-state index is 15.0. The van der Waals surface area contributed by atoms with Gasteiger partial charge in [0.1, 0.15) is 22.9 Å². The number of nitrogens with two attached hydrogens (primary N) is 1. The number of benzene rings is 2. The van der Waals surface area contributed by atoms with Gasteiger partial charge in [-0.3, -0.25) is 4.79 Å². The molecule has 0 fully saturated rings. The number of anilines is 1. The second kappa shape index (κ2) is 7.25. The minimum Gasteiger partial charge on any atom is -0.477 e. The third-order valence-corrected chi connectivity index (χ3v) is 6.65. The molecule has 6 rings (SSSR count). The van der Waals surface area contributed by atoms with Crippen molar-refractivity contribution in [3.8, 4) is 11.1 Å². The van der Waals surface area contributed by atoms with Gasteiger partial charge in [0.05, 0.1) is 39.1 Å². The molecule has 0 atom stereocenters. The average molecular weight is 475 g/mol. The van der Waals surface area contributed by atoms with Gasteiger partial charge in [0, 0.05) is 23.7 Å². The Balaban J connectivity index is 1.73. The minimum absolute atomic E-state index is 0.0367. The fraction of sp³-hybridized carbons (Fsp3) is 0.0435. The van der Waals surface area contributed by atoms with E-state index in [1.807, 2.05) is 18.2 Å². The highest BCUT2D eigenvalue weighted by atomic mass is 32.1. The smallest absolute Gasteiger partial charge is 0.353 e. The summed E-state index contributed by atoms with van der Waals surface area (Å²) >= 11 is 1.26. The molecule has 11 heteroatoms. The Morgan fingerprint density at radius 1 is 1.26 bits per heavy atom. The average Bonchev–Trinajstić information content (AvgIpc) is 3.51. The van der Waals surface area contributed by atoms with Crippen molar-refractivity contribution in [3.63, 3.8) is 0 Å². The zero-order chi connectivity index (χ0) is 23.6. The van der Waals surface area contributed by atoms with E-state index in [0.717, 1.165) is 15.6 Å². The van der Waals surface area contributed by atoms with E-state index < -0.39 is 17.3 Å². The lowest BCUT2D eigenvalue weighted by molar-refractivity contribution is 0.0687. The summed E-state index contributed by atoms with van der Waals surface area (Å²) in [6.07, 6.45) is 3.82. The molecule has 0 spiro atoms. The lowest BCUT2D eigenvalue weighted by Crippen LogP contribution is -2.14. The van der Waals surface area contributed by atoms with Crippen LogP contribution >= 0.6 is 11.5 Å². The molecule has 4 aromatic heterocycles. The molecule has 0 aliphatic rings. The van der Waals surface area contributed by atoms with Crippen molar-refractivity contribution in [2.45, 2.75) is 6.54 Å². The van der Waals surface area contributed by atoms with E-state index in [9.17, 15) is 19.1 Å². The third-order valence-electron chi connectivity index (χ3n) is 5.81. The molecule has 0 radical (unpaired) electrons. The number of nitrogens with one attached hydrogen (secondary N) is 1. The van der Waals surface area contributed by atoms with Gasteiger partial charge >= 0.3 is 5.97 Å². The van der Waals surface area contributed by atoms with Crippen molar-refractivity contribution in [3.05, 3.63) is 76.5 Å². The van der Waals surface area contributed by atoms with E-state index in [4.69, 9.17) is 10.2 Å². The van der Waals surface area contributed by atoms with Crippen LogP contribution in [-0.4, -0.2) is 30.0 Å². The van der Waals surface area contributed by atoms with Crippen molar-refractivity contribution in [2.24, 2.45) is 0 Å². The SMILES string of the molecule is Nc1nsc2ccc(Cn3c(C(=O)O)c(-c4cnc[nH]c4=O)c4c5occc5c(F)cc43)cc12. The summed E-state index contributed by atoms with van der Waals surface area (Å²) in [5.74, 6) is -1.48. The summed E-state index contributed by atoms with van der Waals surface area (Å²) < 4.78 is 27.1. The second-order valence-corrected chi connectivity index (χ2v) is 8.53. The number of rotatable bonds is 4. The Hall–Kier alpha value is -4.51. The first-order valence-electron chi connectivity index (χ1n) is 10.1. The Morgan fingerprint density at radius 3 is 2.91 bits per heavy atom. The molecule has 2 aromatic carbocycles. The molecular formula is C23H14FN5O4S. The summed E-state index contributed by atoms with van der Waals surface area (Å²) in [4.78, 5) is 31.7. The van der Waals surface area contributed by atoms with Crippen LogP contribution in [0.5, 0.6) is 0 Å². The molecule has 34 heavy (non-hydrogen) atoms. The minimum atomic E-state index is -1.28. The van der Waals surface area contributed by atoms with Crippen LogP contribution in [0.2, 0.25) is 0 Å². The van der Waals surface area contributed by atoms with Crippen LogP contribution in [0, 0.1) is 5.82 Å². The van der Waals surface area contributed by atoms with Gasteiger partial charge in [-0.05, 0) is 41.4 Å². The zero-order valence-corrected chi connectivity index (χ0v) is 18.0. The van der Waals surface area contributed by atoms with E-state index in [2.05, 4.69) is 14.3 Å². The number of carboxylic acid groups (broad SMARTS) is 1. The lowest BCUT2D eigenvalue weighted by atomic mass is 10.0. The Morgan fingerprint density at radius 2 is 2.12 bits per heavy atom. The molecule has 0 unspecified atom stereocenters. The number of halogens is 1. The summed E-state index contributed by atoms with van der Waals surface area (Å²) in [5.41, 5.74) is 6.54. The highest BCUT2D eigenvalue weighted by Crippen LogP contribution is 2.40. The number of aromatic nitrogens is 4. The number of nitrogens with zero attached hydrogens (tertiary/aromatic N) is 3. The molecule has 0 saturated heterocycles. The molecule has 0 aliphatic carbocycles. The van der Waals surface area contributed by atoms with Gasteiger partial charge in [0.25, 0.3) is 5.56 Å². The van der Waals surface area contributed by atoms with E-state index >= 15 is 0 Å². The first-order valence-corrected chi connectivity index (χ1v) is 10.8. The molecule has 4 heterocycles. The van der Waals surface area contributed by atoms with Crippen LogP contribution in [0.4, 0.5) is 10.2 Å². The maximum Gasteiger partial charge on any atom is 0.353 e. The van der Waals surface area contributed by atoms with Gasteiger partial charge in [-0.1, -0.05) is 6.07 Å². The number of furan rings is 1. The van der Waals surface area contributed by atoms with Crippen molar-refractivity contribution in [2.75, 3.05) is 5.73 Å². The fourth-order valence-electron chi connectivity index (χ4n) is 4.36. The monoisotopic (exact) mass is 475 g/mol. The normalized spacial score (nSPS) is 11.7. The van der Waals surface area contributed by atoms with Crippen LogP contribution in [-0.2, 0) is 6.54 Å². The van der Waals surface area contributed by atoms with Crippen molar-refractivity contribution in [1.29, 1.82) is 0 Å². The molecule has 0 aliphatic heterocycles. The number of carboxylic acids is 1. The largest absolute Gasteiger partial charge is 0.477 e. The summed E-state index contributed by atoms with van der Waals surface area (Å²) in [6, 6.07) is 8.22. The second-order valence-electron chi connectivity index (χ2n) is 7.72. The predicted molar refractivity (Wildman–Crippen MR) is 126 cm³/mol. The molecular weight excluding hydrogens is 461 g/mol. The number of H-pyrrole nitrogens is 1. The van der Waals surface area contributed by atoms with E-state index in [1.54, 1.807) is 0 Å². The van der Waals surface area contributed by atoms with Crippen molar-refractivity contribution >= 4 is 55.3 Å². The Kier molecular flexibility index (Phi) is 4.29. The Bertz CT molecular complexity index is 1830. The van der Waals surface area contributed by atoms with Gasteiger partial charge in [0.15, 0.2) is 0 Å². The molecule has 6 aromatic rings. The highest BCUT2D eigenvalue weighted by molar-refractivity contribution is 7.13. The summed E-state index contributed by atoms with van der Waals surface area (Å²) in [6.45, 7) is 0.0766. The van der Waals surface area contributed by atoms with Gasteiger partial charge < -0.3 is 24.8 Å². The van der Waals surface area contributed by atoms with Gasteiger partial charge in [-0.25, -0.2) is 14.2 Å². The molecule has 168 valence electrons. The number of fused-ring (bicyclic) bond motifs is 4. The van der Waals surface area contributed by atoms with Crippen LogP contribution < -0.4 is 11.3 Å². The number of aromatic amines is 1. The molecule has 0 saturated carbocycles. The number of nitrogen functional groups attached to an aromatic ring is 1. The molecule has 0 bridgehead atoms. The number of aromatic carboxylic acids is 1. The lowest BCUT2D eigenvalue weighted by Gasteiger charge is -2.10. The van der Waals surface area contributed by atoms with Gasteiger partial charge in [-0.15, -0.1) is 0 Å². The third kappa shape index (κ3) is 2.83. The number of carbonyl (C=O) groups is 1. The number of hydrogen-bond acceptors (Lipinski definition) is 7. The predicted octanol–water partition coefficient (Wildman–Crippen LogP) is 4.22. The van der Waals surface area contributed by atoms with E-state index in [-0.39, 0.29) is 39.9 Å². The van der Waals surface area contributed by atoms with E-state index in [1.165, 1.54) is 47.0 Å². The van der Waals surface area contributed by atoms with Crippen molar-refractivity contribution in [1.82, 2.24) is 18.9 Å². The van der Waals surface area contributed by atoms with Crippen LogP contribution in [0.3, 0.4) is 0 Å². The first kappa shape index (κ1) is 20.1. The highest BCUT2D eigenvalue weighted by Gasteiger charge is 2.29. The zero-order valence-electron chi connectivity index (χ0n) is 17.2. The number of hydrogen-bond donors (Lipinski definition) is 3. The van der Waals surface area contributed by atoms with Gasteiger partial charge in [-0.2, -0.15) is 4.37 Å². The van der Waals surface area contributed by atoms with Crippen LogP contribution in [0.1, 0.15) is 16.1 Å². The fourth-order valence-corrected chi connectivity index (χ4v) is 5.05. The van der Waals surface area contributed by atoms with Crippen LogP contribution in [0.15, 0.2) is 58.3 Å². The Labute approximate surface area is 193 Å². The summed E-state index contributed by atoms with van der Waals surface area (Å²) in [5, 5.41) is 11.5. The van der Waals surface area contributed by atoms with Crippen LogP contribution in [0.25, 0.3) is 43.1 Å². The quantitative estimate of drug-likeness (QED) is 0.347. The van der Waals surface area contributed by atoms with Crippen molar-refractivity contribution < 1.29 is 18.7 Å².